The Balaban J connectivity index is 2.25. The summed E-state index contributed by atoms with van der Waals surface area (Å²) in [6.07, 6.45) is 3.17. The molecule has 6 heteroatoms. The van der Waals surface area contributed by atoms with Gasteiger partial charge in [-0.25, -0.2) is 9.78 Å². The lowest BCUT2D eigenvalue weighted by atomic mass is 10.2. The molecule has 0 aliphatic heterocycles. The van der Waals surface area contributed by atoms with Crippen molar-refractivity contribution in [2.75, 3.05) is 0 Å². The van der Waals surface area contributed by atoms with E-state index < -0.39 is 5.69 Å². The third-order valence-corrected chi connectivity index (χ3v) is 4.48. The highest BCUT2D eigenvalue weighted by Gasteiger charge is 2.17. The molecule has 18 heavy (non-hydrogen) atoms. The summed E-state index contributed by atoms with van der Waals surface area (Å²) in [5, 5.41) is 0.888. The van der Waals surface area contributed by atoms with E-state index in [1.807, 2.05) is 0 Å². The molecule has 0 fully saturated rings. The third-order valence-electron chi connectivity index (χ3n) is 3.38. The van der Waals surface area contributed by atoms with Crippen molar-refractivity contribution in [3.8, 4) is 0 Å². The van der Waals surface area contributed by atoms with Crippen molar-refractivity contribution in [3.63, 3.8) is 0 Å². The smallest absolute Gasteiger partial charge is 0.305 e. The van der Waals surface area contributed by atoms with E-state index >= 15 is 0 Å². The maximum absolute atomic E-state index is 11.7. The van der Waals surface area contributed by atoms with Crippen LogP contribution >= 0.6 is 11.3 Å². The van der Waals surface area contributed by atoms with Gasteiger partial charge in [-0.3, -0.25) is 9.78 Å². The van der Waals surface area contributed by atoms with Crippen LogP contribution in [0.25, 0.3) is 20.4 Å². The molecule has 3 heterocycles. The summed E-state index contributed by atoms with van der Waals surface area (Å²) >= 11 is 1.34. The fourth-order valence-electron chi connectivity index (χ4n) is 2.57. The molecule has 0 aromatic carbocycles. The standard InChI is InChI=1S/C12H9N3O2S/c16-10-9-8(14-12(17)15-10)6-4-5-2-1-3-7(5)13-11(6)18-9/h4H,1-3H2,(H2,14,15,16,17). The molecule has 0 radical (unpaired) electrons. The van der Waals surface area contributed by atoms with Gasteiger partial charge in [0.2, 0.25) is 0 Å². The number of fused-ring (bicyclic) bond motifs is 4. The molecular weight excluding hydrogens is 250 g/mol. The minimum atomic E-state index is -0.465. The Labute approximate surface area is 105 Å². The SMILES string of the molecule is O=c1[nH]c(=O)c2sc3nc4c(cc3c2[nH]1)CCC4. The molecule has 2 N–H and O–H groups in total. The average molecular weight is 259 g/mol. The number of hydrogen-bond acceptors (Lipinski definition) is 4. The highest BCUT2D eigenvalue weighted by Crippen LogP contribution is 2.32. The van der Waals surface area contributed by atoms with Crippen LogP contribution in [-0.2, 0) is 12.8 Å². The fourth-order valence-corrected chi connectivity index (χ4v) is 3.60. The van der Waals surface area contributed by atoms with Gasteiger partial charge >= 0.3 is 5.69 Å². The van der Waals surface area contributed by atoms with Crippen LogP contribution in [0.2, 0.25) is 0 Å². The van der Waals surface area contributed by atoms with Gasteiger partial charge in [0.25, 0.3) is 5.56 Å². The Hall–Kier alpha value is -1.95. The van der Waals surface area contributed by atoms with E-state index in [9.17, 15) is 9.59 Å². The first-order valence-electron chi connectivity index (χ1n) is 5.80. The molecule has 0 saturated carbocycles. The second-order valence-corrected chi connectivity index (χ2v) is 5.51. The minimum absolute atomic E-state index is 0.336. The van der Waals surface area contributed by atoms with Gasteiger partial charge in [0, 0.05) is 11.1 Å². The zero-order chi connectivity index (χ0) is 12.3. The van der Waals surface area contributed by atoms with Gasteiger partial charge < -0.3 is 4.98 Å². The van der Waals surface area contributed by atoms with Crippen LogP contribution in [-0.4, -0.2) is 15.0 Å². The van der Waals surface area contributed by atoms with Crippen molar-refractivity contribution in [2.45, 2.75) is 19.3 Å². The van der Waals surface area contributed by atoms with Gasteiger partial charge in [0.1, 0.15) is 9.53 Å². The predicted octanol–water partition coefficient (Wildman–Crippen LogP) is 1.31. The molecule has 1 aliphatic rings. The number of thiophene rings is 1. The first-order valence-corrected chi connectivity index (χ1v) is 6.61. The number of aryl methyl sites for hydroxylation is 2. The summed E-state index contributed by atoms with van der Waals surface area (Å²) in [6, 6.07) is 2.07. The van der Waals surface area contributed by atoms with Crippen LogP contribution in [0, 0.1) is 0 Å². The van der Waals surface area contributed by atoms with Crippen LogP contribution in [0.15, 0.2) is 15.7 Å². The Morgan fingerprint density at radius 1 is 1.22 bits per heavy atom. The van der Waals surface area contributed by atoms with E-state index in [0.717, 1.165) is 35.2 Å². The number of hydrogen-bond donors (Lipinski definition) is 2. The molecule has 0 spiro atoms. The zero-order valence-corrected chi connectivity index (χ0v) is 10.2. The number of nitrogens with zero attached hydrogens (tertiary/aromatic N) is 1. The van der Waals surface area contributed by atoms with E-state index in [0.29, 0.717) is 10.2 Å². The van der Waals surface area contributed by atoms with Gasteiger partial charge in [0.15, 0.2) is 0 Å². The number of nitrogens with one attached hydrogen (secondary N) is 2. The summed E-state index contributed by atoms with van der Waals surface area (Å²) in [7, 11) is 0. The zero-order valence-electron chi connectivity index (χ0n) is 9.37. The topological polar surface area (TPSA) is 78.6 Å². The summed E-state index contributed by atoms with van der Waals surface area (Å²) < 4.78 is 0.542. The van der Waals surface area contributed by atoms with Crippen molar-refractivity contribution >= 4 is 31.8 Å². The maximum Gasteiger partial charge on any atom is 0.326 e. The number of aromatic nitrogens is 3. The Morgan fingerprint density at radius 3 is 3.00 bits per heavy atom. The van der Waals surface area contributed by atoms with E-state index in [-0.39, 0.29) is 5.56 Å². The van der Waals surface area contributed by atoms with E-state index in [1.165, 1.54) is 16.9 Å². The number of pyridine rings is 1. The van der Waals surface area contributed by atoms with E-state index in [2.05, 4.69) is 21.0 Å². The van der Waals surface area contributed by atoms with Crippen molar-refractivity contribution < 1.29 is 0 Å². The molecule has 90 valence electrons. The summed E-state index contributed by atoms with van der Waals surface area (Å²) in [6.45, 7) is 0. The van der Waals surface area contributed by atoms with Crippen LogP contribution in [0.5, 0.6) is 0 Å². The first-order chi connectivity index (χ1) is 8.72. The number of aromatic amines is 2. The lowest BCUT2D eigenvalue weighted by Gasteiger charge is -1.97. The third kappa shape index (κ3) is 1.23. The second kappa shape index (κ2) is 3.29. The molecule has 5 nitrogen and oxygen atoms in total. The lowest BCUT2D eigenvalue weighted by molar-refractivity contribution is 0.901. The maximum atomic E-state index is 11.7. The molecular formula is C12H9N3O2S. The Bertz CT molecular complexity index is 903. The first kappa shape index (κ1) is 10.0. The monoisotopic (exact) mass is 259 g/mol. The van der Waals surface area contributed by atoms with Crippen LogP contribution < -0.4 is 11.2 Å². The minimum Gasteiger partial charge on any atom is -0.305 e. The second-order valence-electron chi connectivity index (χ2n) is 4.51. The molecule has 3 aromatic heterocycles. The molecule has 0 amide bonds. The number of rotatable bonds is 0. The lowest BCUT2D eigenvalue weighted by Crippen LogP contribution is -2.20. The highest BCUT2D eigenvalue weighted by atomic mass is 32.1. The van der Waals surface area contributed by atoms with Crippen LogP contribution in [0.1, 0.15) is 17.7 Å². The van der Waals surface area contributed by atoms with Gasteiger partial charge in [-0.15, -0.1) is 11.3 Å². The predicted molar refractivity (Wildman–Crippen MR) is 70.4 cm³/mol. The molecule has 0 atom stereocenters. The molecule has 3 aromatic rings. The molecule has 0 bridgehead atoms. The molecule has 0 saturated heterocycles. The highest BCUT2D eigenvalue weighted by molar-refractivity contribution is 7.25. The van der Waals surface area contributed by atoms with Gasteiger partial charge in [0.05, 0.1) is 5.52 Å². The van der Waals surface area contributed by atoms with Gasteiger partial charge in [-0.1, -0.05) is 0 Å². The molecule has 4 rings (SSSR count). The van der Waals surface area contributed by atoms with Crippen LogP contribution in [0.3, 0.4) is 0 Å². The fraction of sp³-hybridized carbons (Fsp3) is 0.250. The average Bonchev–Trinajstić information content (AvgIpc) is 2.90. The normalized spacial score (nSPS) is 14.4. The quantitative estimate of drug-likeness (QED) is 0.639. The van der Waals surface area contributed by atoms with Gasteiger partial charge in [-0.05, 0) is 30.9 Å². The molecule has 0 unspecified atom stereocenters. The van der Waals surface area contributed by atoms with Crippen molar-refractivity contribution in [1.82, 2.24) is 15.0 Å². The van der Waals surface area contributed by atoms with E-state index in [1.54, 1.807) is 0 Å². The van der Waals surface area contributed by atoms with Crippen molar-refractivity contribution in [3.05, 3.63) is 38.2 Å². The number of H-pyrrole nitrogens is 2. The van der Waals surface area contributed by atoms with Crippen molar-refractivity contribution in [2.24, 2.45) is 0 Å². The largest absolute Gasteiger partial charge is 0.326 e. The summed E-state index contributed by atoms with van der Waals surface area (Å²) in [5.41, 5.74) is 2.19. The van der Waals surface area contributed by atoms with E-state index in [4.69, 9.17) is 0 Å². The Morgan fingerprint density at radius 2 is 2.11 bits per heavy atom. The van der Waals surface area contributed by atoms with Crippen molar-refractivity contribution in [1.29, 1.82) is 0 Å². The summed E-state index contributed by atoms with van der Waals surface area (Å²) in [5.74, 6) is 0. The van der Waals surface area contributed by atoms with Crippen LogP contribution in [0.4, 0.5) is 0 Å². The van der Waals surface area contributed by atoms with Gasteiger partial charge in [-0.2, -0.15) is 0 Å². The Kier molecular flexibility index (Phi) is 1.83. The summed E-state index contributed by atoms with van der Waals surface area (Å²) in [4.78, 5) is 33.5. The molecule has 1 aliphatic carbocycles.